The predicted octanol–water partition coefficient (Wildman–Crippen LogP) is 4.24. The second-order valence-electron chi connectivity index (χ2n) is 8.44. The molecule has 28 heavy (non-hydrogen) atoms. The number of aromatic nitrogens is 2. The number of carbonyl (C=O) groups is 1. The average molecular weight is 382 g/mol. The van der Waals surface area contributed by atoms with Crippen LogP contribution >= 0.6 is 0 Å². The van der Waals surface area contributed by atoms with Crippen molar-refractivity contribution in [2.45, 2.75) is 64.0 Å². The molecule has 2 fully saturated rings. The Morgan fingerprint density at radius 1 is 1.25 bits per heavy atom. The van der Waals surface area contributed by atoms with Crippen molar-refractivity contribution < 1.29 is 9.53 Å². The number of hydrogen-bond acceptors (Lipinski definition) is 3. The number of imidazole rings is 1. The van der Waals surface area contributed by atoms with Crippen LogP contribution in [0.4, 0.5) is 0 Å². The van der Waals surface area contributed by atoms with Crippen LogP contribution in [0.2, 0.25) is 0 Å². The Balaban J connectivity index is 1.46. The monoisotopic (exact) mass is 381 g/mol. The summed E-state index contributed by atoms with van der Waals surface area (Å²) >= 11 is 0. The van der Waals surface area contributed by atoms with E-state index in [9.17, 15) is 4.79 Å². The molecule has 2 saturated carbocycles. The van der Waals surface area contributed by atoms with Crippen LogP contribution in [0.15, 0.2) is 36.7 Å². The lowest BCUT2D eigenvalue weighted by Gasteiger charge is -2.55. The van der Waals surface area contributed by atoms with E-state index in [0.717, 1.165) is 11.6 Å². The maximum absolute atomic E-state index is 12.9. The summed E-state index contributed by atoms with van der Waals surface area (Å²) in [5, 5.41) is 3.40. The van der Waals surface area contributed by atoms with Gasteiger partial charge < -0.3 is 14.6 Å². The van der Waals surface area contributed by atoms with Crippen LogP contribution in [0.25, 0.3) is 0 Å². The van der Waals surface area contributed by atoms with Crippen LogP contribution in [-0.4, -0.2) is 28.6 Å². The summed E-state index contributed by atoms with van der Waals surface area (Å²) in [4.78, 5) is 17.1. The van der Waals surface area contributed by atoms with Gasteiger partial charge in [0.15, 0.2) is 0 Å². The van der Waals surface area contributed by atoms with E-state index in [0.29, 0.717) is 24.2 Å². The SMILES string of the molecule is COc1ccc([C@H]2[C@@H]3CCCC[C@@H]3[C@@H]2NC(=O)C[C@@H](C)n2ccnc2C)cc1. The van der Waals surface area contributed by atoms with Gasteiger partial charge in [-0.25, -0.2) is 4.98 Å². The summed E-state index contributed by atoms with van der Waals surface area (Å²) in [5.74, 6) is 3.72. The molecule has 0 aliphatic heterocycles. The minimum Gasteiger partial charge on any atom is -0.497 e. The number of methoxy groups -OCH3 is 1. The Kier molecular flexibility index (Phi) is 5.42. The Morgan fingerprint density at radius 2 is 1.96 bits per heavy atom. The second-order valence-corrected chi connectivity index (χ2v) is 8.44. The van der Waals surface area contributed by atoms with E-state index in [2.05, 4.69) is 33.9 Å². The number of rotatable bonds is 6. The molecule has 2 aliphatic rings. The van der Waals surface area contributed by atoms with Crippen LogP contribution in [0, 0.1) is 18.8 Å². The predicted molar refractivity (Wildman–Crippen MR) is 109 cm³/mol. The highest BCUT2D eigenvalue weighted by Gasteiger charge is 2.51. The van der Waals surface area contributed by atoms with Crippen molar-refractivity contribution in [2.75, 3.05) is 7.11 Å². The van der Waals surface area contributed by atoms with Crippen molar-refractivity contribution in [3.8, 4) is 5.75 Å². The number of amides is 1. The van der Waals surface area contributed by atoms with E-state index in [1.807, 2.05) is 25.3 Å². The van der Waals surface area contributed by atoms with Gasteiger partial charge in [0.1, 0.15) is 11.6 Å². The third-order valence-electron chi connectivity index (χ3n) is 6.83. The Labute approximate surface area is 167 Å². The zero-order valence-electron chi connectivity index (χ0n) is 17.1. The fourth-order valence-corrected chi connectivity index (χ4v) is 5.41. The minimum atomic E-state index is 0.115. The quantitative estimate of drug-likeness (QED) is 0.814. The van der Waals surface area contributed by atoms with Crippen LogP contribution in [0.5, 0.6) is 5.75 Å². The largest absolute Gasteiger partial charge is 0.497 e. The number of aryl methyl sites for hydroxylation is 1. The first-order valence-corrected chi connectivity index (χ1v) is 10.5. The standard InChI is InChI=1S/C23H31N3O2/c1-15(26-13-12-24-16(26)2)14-21(27)25-23-20-7-5-4-6-19(20)22(23)17-8-10-18(28-3)11-9-17/h8-13,15,19-20,22-23H,4-7,14H2,1-3H3,(H,25,27)/t15-,19-,20+,22+,23+/m1/s1. The number of fused-ring (bicyclic) bond motifs is 1. The third kappa shape index (κ3) is 3.54. The molecule has 0 bridgehead atoms. The molecule has 1 heterocycles. The van der Waals surface area contributed by atoms with E-state index >= 15 is 0 Å². The fourth-order valence-electron chi connectivity index (χ4n) is 5.41. The van der Waals surface area contributed by atoms with Crippen LogP contribution in [0.1, 0.15) is 62.4 Å². The number of benzene rings is 1. The molecular formula is C23H31N3O2. The normalized spacial score (nSPS) is 27.4. The molecule has 0 spiro atoms. The molecule has 2 aliphatic carbocycles. The Bertz CT molecular complexity index is 814. The van der Waals surface area contributed by atoms with Gasteiger partial charge in [0.25, 0.3) is 0 Å². The van der Waals surface area contributed by atoms with Crippen molar-refractivity contribution >= 4 is 5.91 Å². The molecule has 2 aromatic rings. The van der Waals surface area contributed by atoms with Gasteiger partial charge in [0.2, 0.25) is 5.91 Å². The highest BCUT2D eigenvalue weighted by Crippen LogP contribution is 2.54. The number of nitrogens with one attached hydrogen (secondary N) is 1. The minimum absolute atomic E-state index is 0.115. The van der Waals surface area contributed by atoms with Crippen LogP contribution < -0.4 is 10.1 Å². The number of nitrogens with zero attached hydrogens (tertiary/aromatic N) is 2. The van der Waals surface area contributed by atoms with Gasteiger partial charge in [-0.1, -0.05) is 25.0 Å². The van der Waals surface area contributed by atoms with Crippen molar-refractivity contribution in [1.82, 2.24) is 14.9 Å². The molecular weight excluding hydrogens is 350 g/mol. The average Bonchev–Trinajstić information content (AvgIpc) is 3.13. The molecule has 1 amide bonds. The lowest BCUT2D eigenvalue weighted by molar-refractivity contribution is -0.125. The summed E-state index contributed by atoms with van der Waals surface area (Å²) in [5.41, 5.74) is 1.33. The zero-order valence-corrected chi connectivity index (χ0v) is 17.1. The number of hydrogen-bond donors (Lipinski definition) is 1. The highest BCUT2D eigenvalue weighted by atomic mass is 16.5. The highest BCUT2D eigenvalue weighted by molar-refractivity contribution is 5.77. The van der Waals surface area contributed by atoms with Gasteiger partial charge >= 0.3 is 0 Å². The van der Waals surface area contributed by atoms with Crippen LogP contribution in [-0.2, 0) is 4.79 Å². The molecule has 5 atom stereocenters. The van der Waals surface area contributed by atoms with E-state index in [1.165, 1.54) is 31.2 Å². The van der Waals surface area contributed by atoms with Gasteiger partial charge in [-0.05, 0) is 56.2 Å². The van der Waals surface area contributed by atoms with E-state index in [-0.39, 0.29) is 18.0 Å². The molecule has 0 saturated heterocycles. The third-order valence-corrected chi connectivity index (χ3v) is 6.83. The first-order valence-electron chi connectivity index (χ1n) is 10.5. The molecule has 150 valence electrons. The topological polar surface area (TPSA) is 56.1 Å². The second kappa shape index (κ2) is 7.98. The summed E-state index contributed by atoms with van der Waals surface area (Å²) < 4.78 is 7.38. The molecule has 1 N–H and O–H groups in total. The smallest absolute Gasteiger partial charge is 0.222 e. The summed E-state index contributed by atoms with van der Waals surface area (Å²) in [6, 6.07) is 8.78. The van der Waals surface area contributed by atoms with Gasteiger partial charge in [0.05, 0.1) is 7.11 Å². The summed E-state index contributed by atoms with van der Waals surface area (Å²) in [6.45, 7) is 4.06. The van der Waals surface area contributed by atoms with Crippen molar-refractivity contribution in [2.24, 2.45) is 11.8 Å². The van der Waals surface area contributed by atoms with Gasteiger partial charge in [-0.3, -0.25) is 4.79 Å². The fraction of sp³-hybridized carbons (Fsp3) is 0.565. The van der Waals surface area contributed by atoms with E-state index < -0.39 is 0 Å². The number of carbonyl (C=O) groups excluding carboxylic acids is 1. The Hall–Kier alpha value is -2.30. The number of ether oxygens (including phenoxy) is 1. The molecule has 0 radical (unpaired) electrons. The summed E-state index contributed by atoms with van der Waals surface area (Å²) in [6.07, 6.45) is 9.34. The van der Waals surface area contributed by atoms with E-state index in [1.54, 1.807) is 13.3 Å². The van der Waals surface area contributed by atoms with Crippen molar-refractivity contribution in [3.05, 3.63) is 48.0 Å². The van der Waals surface area contributed by atoms with Gasteiger partial charge in [-0.15, -0.1) is 0 Å². The molecule has 1 aromatic heterocycles. The Morgan fingerprint density at radius 3 is 2.61 bits per heavy atom. The molecule has 0 unspecified atom stereocenters. The van der Waals surface area contributed by atoms with E-state index in [4.69, 9.17) is 4.74 Å². The maximum atomic E-state index is 12.9. The first-order chi connectivity index (χ1) is 13.6. The summed E-state index contributed by atoms with van der Waals surface area (Å²) in [7, 11) is 1.70. The first kappa shape index (κ1) is 19.0. The van der Waals surface area contributed by atoms with Crippen molar-refractivity contribution in [1.29, 1.82) is 0 Å². The zero-order chi connectivity index (χ0) is 19.7. The lowest BCUT2D eigenvalue weighted by atomic mass is 9.53. The van der Waals surface area contributed by atoms with Gasteiger partial charge in [0, 0.05) is 36.8 Å². The van der Waals surface area contributed by atoms with Gasteiger partial charge in [-0.2, -0.15) is 0 Å². The molecule has 4 rings (SSSR count). The maximum Gasteiger partial charge on any atom is 0.222 e. The molecule has 1 aromatic carbocycles. The lowest BCUT2D eigenvalue weighted by Crippen LogP contribution is -2.59. The van der Waals surface area contributed by atoms with Crippen LogP contribution in [0.3, 0.4) is 0 Å². The van der Waals surface area contributed by atoms with Crippen molar-refractivity contribution in [3.63, 3.8) is 0 Å². The molecule has 5 heteroatoms. The molecule has 5 nitrogen and oxygen atoms in total.